The van der Waals surface area contributed by atoms with Crippen LogP contribution in [-0.4, -0.2) is 6.29 Å². The first-order valence-corrected chi connectivity index (χ1v) is 4.79. The molecule has 0 heterocycles. The van der Waals surface area contributed by atoms with Crippen LogP contribution in [0.5, 0.6) is 0 Å². The summed E-state index contributed by atoms with van der Waals surface area (Å²) in [4.78, 5) is 10.4. The highest BCUT2D eigenvalue weighted by Crippen LogP contribution is 2.59. The topological polar surface area (TPSA) is 17.1 Å². The SMILES string of the molecule is CC1(C)[C@@H]2CC=C(CC=O)[C@H]1C2. The number of hydrogen-bond donors (Lipinski definition) is 0. The van der Waals surface area contributed by atoms with Gasteiger partial charge in [-0.2, -0.15) is 0 Å². The maximum atomic E-state index is 10.4. The highest BCUT2D eigenvalue weighted by Gasteiger charge is 2.50. The molecule has 2 bridgehead atoms. The van der Waals surface area contributed by atoms with E-state index in [1.54, 1.807) is 0 Å². The van der Waals surface area contributed by atoms with Crippen LogP contribution in [-0.2, 0) is 4.79 Å². The van der Waals surface area contributed by atoms with Gasteiger partial charge in [-0.05, 0) is 30.1 Å². The van der Waals surface area contributed by atoms with Gasteiger partial charge in [-0.3, -0.25) is 0 Å². The highest BCUT2D eigenvalue weighted by atomic mass is 16.1. The van der Waals surface area contributed by atoms with Crippen molar-refractivity contribution < 1.29 is 4.79 Å². The predicted octanol–water partition coefficient (Wildman–Crippen LogP) is 2.57. The summed E-state index contributed by atoms with van der Waals surface area (Å²) in [6.07, 6.45) is 6.53. The third-order valence-corrected chi connectivity index (χ3v) is 3.90. The van der Waals surface area contributed by atoms with Crippen molar-refractivity contribution in [1.29, 1.82) is 0 Å². The summed E-state index contributed by atoms with van der Waals surface area (Å²) < 4.78 is 0. The molecule has 66 valence electrons. The van der Waals surface area contributed by atoms with Crippen LogP contribution >= 0.6 is 0 Å². The summed E-state index contributed by atoms with van der Waals surface area (Å²) in [5.41, 5.74) is 1.88. The Bertz CT molecular complexity index is 237. The van der Waals surface area contributed by atoms with Crippen LogP contribution in [0.3, 0.4) is 0 Å². The second-order valence-electron chi connectivity index (χ2n) is 4.69. The zero-order valence-corrected chi connectivity index (χ0v) is 7.84. The Hall–Kier alpha value is -0.590. The molecule has 1 saturated carbocycles. The Morgan fingerprint density at radius 3 is 2.92 bits per heavy atom. The highest BCUT2D eigenvalue weighted by molar-refractivity contribution is 5.55. The molecule has 0 spiro atoms. The van der Waals surface area contributed by atoms with Gasteiger partial charge in [-0.25, -0.2) is 0 Å². The molecule has 3 aliphatic carbocycles. The minimum absolute atomic E-state index is 0.479. The molecule has 0 saturated heterocycles. The van der Waals surface area contributed by atoms with Gasteiger partial charge in [0.05, 0.1) is 0 Å². The quantitative estimate of drug-likeness (QED) is 0.453. The standard InChI is InChI=1S/C11H16O/c1-11(2)9-4-3-8(5-6-12)10(11)7-9/h3,6,9-10H,4-5,7H2,1-2H3/t9-,10-/m1/s1. The first-order valence-electron chi connectivity index (χ1n) is 4.79. The Labute approximate surface area is 73.8 Å². The molecule has 1 fully saturated rings. The molecular weight excluding hydrogens is 148 g/mol. The zero-order valence-electron chi connectivity index (χ0n) is 7.84. The molecule has 3 aliphatic rings. The van der Waals surface area contributed by atoms with Crippen LogP contribution in [0.15, 0.2) is 11.6 Å². The number of allylic oxidation sites excluding steroid dienone is 2. The maximum Gasteiger partial charge on any atom is 0.124 e. The van der Waals surface area contributed by atoms with E-state index in [0.29, 0.717) is 17.8 Å². The summed E-state index contributed by atoms with van der Waals surface area (Å²) >= 11 is 0. The van der Waals surface area contributed by atoms with E-state index in [9.17, 15) is 4.79 Å². The summed E-state index contributed by atoms with van der Waals surface area (Å²) in [5, 5.41) is 0. The smallest absolute Gasteiger partial charge is 0.124 e. The monoisotopic (exact) mass is 164 g/mol. The van der Waals surface area contributed by atoms with E-state index in [1.807, 2.05) is 0 Å². The van der Waals surface area contributed by atoms with Crippen LogP contribution in [0.4, 0.5) is 0 Å². The minimum atomic E-state index is 0.479. The van der Waals surface area contributed by atoms with Crippen molar-refractivity contribution in [3.8, 4) is 0 Å². The molecule has 0 aliphatic heterocycles. The lowest BCUT2D eigenvalue weighted by molar-refractivity contribution is -0.107. The van der Waals surface area contributed by atoms with Gasteiger partial charge in [0, 0.05) is 6.42 Å². The summed E-state index contributed by atoms with van der Waals surface area (Å²) in [6.45, 7) is 4.67. The van der Waals surface area contributed by atoms with E-state index in [-0.39, 0.29) is 0 Å². The molecule has 0 aromatic rings. The van der Waals surface area contributed by atoms with Crippen molar-refractivity contribution in [2.24, 2.45) is 17.3 Å². The van der Waals surface area contributed by atoms with Crippen LogP contribution < -0.4 is 0 Å². The Balaban J connectivity index is 2.18. The number of carbonyl (C=O) groups excluding carboxylic acids is 1. The molecule has 0 unspecified atom stereocenters. The Morgan fingerprint density at radius 2 is 2.42 bits per heavy atom. The van der Waals surface area contributed by atoms with Crippen molar-refractivity contribution in [1.82, 2.24) is 0 Å². The van der Waals surface area contributed by atoms with Gasteiger partial charge in [-0.15, -0.1) is 0 Å². The van der Waals surface area contributed by atoms with E-state index < -0.39 is 0 Å². The predicted molar refractivity (Wildman–Crippen MR) is 48.8 cm³/mol. The summed E-state index contributed by atoms with van der Waals surface area (Å²) in [6, 6.07) is 0. The van der Waals surface area contributed by atoms with E-state index in [1.165, 1.54) is 18.4 Å². The zero-order chi connectivity index (χ0) is 8.77. The van der Waals surface area contributed by atoms with E-state index >= 15 is 0 Å². The van der Waals surface area contributed by atoms with Gasteiger partial charge in [0.15, 0.2) is 0 Å². The lowest BCUT2D eigenvalue weighted by Gasteiger charge is -2.56. The minimum Gasteiger partial charge on any atom is -0.303 e. The van der Waals surface area contributed by atoms with Gasteiger partial charge >= 0.3 is 0 Å². The van der Waals surface area contributed by atoms with E-state index in [2.05, 4.69) is 19.9 Å². The number of fused-ring (bicyclic) bond motifs is 1. The van der Waals surface area contributed by atoms with Crippen LogP contribution in [0, 0.1) is 17.3 Å². The molecule has 0 aromatic carbocycles. The fraction of sp³-hybridized carbons (Fsp3) is 0.727. The van der Waals surface area contributed by atoms with Crippen LogP contribution in [0.2, 0.25) is 0 Å². The largest absolute Gasteiger partial charge is 0.303 e. The van der Waals surface area contributed by atoms with Crippen molar-refractivity contribution in [3.05, 3.63) is 11.6 Å². The molecule has 2 atom stereocenters. The summed E-state index contributed by atoms with van der Waals surface area (Å²) in [7, 11) is 0. The summed E-state index contributed by atoms with van der Waals surface area (Å²) in [5.74, 6) is 1.60. The molecule has 1 heteroatoms. The number of hydrogen-bond acceptors (Lipinski definition) is 1. The number of rotatable bonds is 2. The number of aldehydes is 1. The third kappa shape index (κ3) is 0.886. The van der Waals surface area contributed by atoms with Crippen molar-refractivity contribution in [2.75, 3.05) is 0 Å². The van der Waals surface area contributed by atoms with Crippen molar-refractivity contribution >= 4 is 6.29 Å². The molecule has 0 amide bonds. The lowest BCUT2D eigenvalue weighted by atomic mass is 9.48. The first kappa shape index (κ1) is 8.03. The lowest BCUT2D eigenvalue weighted by Crippen LogP contribution is -2.48. The van der Waals surface area contributed by atoms with Crippen molar-refractivity contribution in [2.45, 2.75) is 33.1 Å². The van der Waals surface area contributed by atoms with Crippen LogP contribution in [0.25, 0.3) is 0 Å². The molecule has 1 nitrogen and oxygen atoms in total. The Kier molecular flexibility index (Phi) is 1.64. The normalized spacial score (nSPS) is 36.7. The van der Waals surface area contributed by atoms with Crippen LogP contribution in [0.1, 0.15) is 33.1 Å². The van der Waals surface area contributed by atoms with Gasteiger partial charge in [0.25, 0.3) is 0 Å². The molecule has 3 rings (SSSR count). The number of carbonyl (C=O) groups is 1. The van der Waals surface area contributed by atoms with E-state index in [4.69, 9.17) is 0 Å². The fourth-order valence-electron chi connectivity index (χ4n) is 2.80. The van der Waals surface area contributed by atoms with Gasteiger partial charge in [-0.1, -0.05) is 25.5 Å². The first-order chi connectivity index (χ1) is 5.66. The van der Waals surface area contributed by atoms with Gasteiger partial charge in [0.2, 0.25) is 0 Å². The molecule has 12 heavy (non-hydrogen) atoms. The van der Waals surface area contributed by atoms with Gasteiger partial charge < -0.3 is 4.79 Å². The second-order valence-corrected chi connectivity index (χ2v) is 4.69. The molecule has 0 N–H and O–H groups in total. The fourth-order valence-corrected chi connectivity index (χ4v) is 2.80. The maximum absolute atomic E-state index is 10.4. The Morgan fingerprint density at radius 1 is 1.67 bits per heavy atom. The molecule has 0 aromatic heterocycles. The average molecular weight is 164 g/mol. The molecular formula is C11H16O. The van der Waals surface area contributed by atoms with Crippen molar-refractivity contribution in [3.63, 3.8) is 0 Å². The average Bonchev–Trinajstić information content (AvgIpc) is 2.05. The third-order valence-electron chi connectivity index (χ3n) is 3.90. The second kappa shape index (κ2) is 2.45. The van der Waals surface area contributed by atoms with E-state index in [0.717, 1.165) is 12.2 Å². The van der Waals surface area contributed by atoms with Gasteiger partial charge in [0.1, 0.15) is 6.29 Å². The molecule has 0 radical (unpaired) electrons.